The van der Waals surface area contributed by atoms with E-state index in [0.29, 0.717) is 12.5 Å². The second-order valence-corrected chi connectivity index (χ2v) is 4.97. The minimum atomic E-state index is -0.709. The van der Waals surface area contributed by atoms with Crippen LogP contribution in [0, 0.1) is 5.92 Å². The van der Waals surface area contributed by atoms with E-state index in [1.165, 1.54) is 0 Å². The van der Waals surface area contributed by atoms with Crippen molar-refractivity contribution in [3.05, 3.63) is 0 Å². The van der Waals surface area contributed by atoms with E-state index in [2.05, 4.69) is 23.6 Å². The number of carboxylic acids is 1. The van der Waals surface area contributed by atoms with Crippen LogP contribution in [0.2, 0.25) is 0 Å². The molecule has 0 heterocycles. The summed E-state index contributed by atoms with van der Waals surface area (Å²) in [5.41, 5.74) is 0. The molecule has 96 valence electrons. The predicted molar refractivity (Wildman–Crippen MR) is 66.7 cm³/mol. The zero-order valence-electron chi connectivity index (χ0n) is 11.1. The lowest BCUT2D eigenvalue weighted by Crippen LogP contribution is -2.34. The van der Waals surface area contributed by atoms with Crippen LogP contribution < -0.4 is 0 Å². The Labute approximate surface area is 99.2 Å². The zero-order chi connectivity index (χ0) is 12.6. The van der Waals surface area contributed by atoms with Gasteiger partial charge in [0.05, 0.1) is 6.42 Å². The Morgan fingerprint density at radius 1 is 1.12 bits per heavy atom. The first kappa shape index (κ1) is 15.4. The average molecular weight is 230 g/mol. The van der Waals surface area contributed by atoms with Crippen molar-refractivity contribution >= 4 is 5.97 Å². The molecule has 0 radical (unpaired) electrons. The molecule has 0 aromatic heterocycles. The van der Waals surface area contributed by atoms with Gasteiger partial charge < -0.3 is 14.9 Å². The summed E-state index contributed by atoms with van der Waals surface area (Å²) >= 11 is 0. The number of carbonyl (C=O) groups is 1. The molecule has 0 saturated heterocycles. The largest absolute Gasteiger partial charge is 0.481 e. The number of rotatable bonds is 9. The molecular formula is C12H26N2O2. The van der Waals surface area contributed by atoms with Crippen LogP contribution in [0.15, 0.2) is 0 Å². The molecule has 1 N–H and O–H groups in total. The summed E-state index contributed by atoms with van der Waals surface area (Å²) in [6, 6.07) is 0. The van der Waals surface area contributed by atoms with E-state index in [9.17, 15) is 4.79 Å². The standard InChI is InChI=1S/C12H26N2O2/c1-11(2)5-7-14(8-6-12(15)16)10-9-13(3)4/h11H,5-10H2,1-4H3,(H,15,16). The van der Waals surface area contributed by atoms with Crippen molar-refractivity contribution in [2.45, 2.75) is 26.7 Å². The van der Waals surface area contributed by atoms with Gasteiger partial charge in [-0.05, 0) is 33.0 Å². The molecule has 0 aliphatic carbocycles. The summed E-state index contributed by atoms with van der Waals surface area (Å²) < 4.78 is 0. The highest BCUT2D eigenvalue weighted by molar-refractivity contribution is 5.66. The molecule has 0 spiro atoms. The predicted octanol–water partition coefficient (Wildman–Crippen LogP) is 1.37. The zero-order valence-corrected chi connectivity index (χ0v) is 11.1. The van der Waals surface area contributed by atoms with Gasteiger partial charge in [0.15, 0.2) is 0 Å². The van der Waals surface area contributed by atoms with Gasteiger partial charge in [0.2, 0.25) is 0 Å². The van der Waals surface area contributed by atoms with Crippen molar-refractivity contribution in [3.63, 3.8) is 0 Å². The molecule has 0 aliphatic rings. The molecule has 4 nitrogen and oxygen atoms in total. The van der Waals surface area contributed by atoms with Crippen molar-refractivity contribution in [2.75, 3.05) is 40.3 Å². The maximum Gasteiger partial charge on any atom is 0.304 e. The van der Waals surface area contributed by atoms with Gasteiger partial charge in [-0.1, -0.05) is 13.8 Å². The third kappa shape index (κ3) is 9.93. The first-order chi connectivity index (χ1) is 7.41. The molecule has 0 bridgehead atoms. The normalized spacial score (nSPS) is 11.7. The number of aliphatic carboxylic acids is 1. The van der Waals surface area contributed by atoms with Gasteiger partial charge in [-0.2, -0.15) is 0 Å². The van der Waals surface area contributed by atoms with E-state index >= 15 is 0 Å². The van der Waals surface area contributed by atoms with Crippen LogP contribution >= 0.6 is 0 Å². The smallest absolute Gasteiger partial charge is 0.304 e. The quantitative estimate of drug-likeness (QED) is 0.650. The third-order valence-corrected chi connectivity index (χ3v) is 2.53. The Bertz CT molecular complexity index is 181. The lowest BCUT2D eigenvalue weighted by molar-refractivity contribution is -0.137. The molecule has 0 aliphatic heterocycles. The van der Waals surface area contributed by atoms with Crippen LogP contribution in [0.5, 0.6) is 0 Å². The van der Waals surface area contributed by atoms with E-state index in [1.807, 2.05) is 14.1 Å². The number of nitrogens with zero attached hydrogens (tertiary/aromatic N) is 2. The highest BCUT2D eigenvalue weighted by Crippen LogP contribution is 2.03. The van der Waals surface area contributed by atoms with Gasteiger partial charge >= 0.3 is 5.97 Å². The Hall–Kier alpha value is -0.610. The Kier molecular flexibility index (Phi) is 8.21. The number of hydrogen-bond donors (Lipinski definition) is 1. The molecule has 0 saturated carbocycles. The van der Waals surface area contributed by atoms with E-state index in [4.69, 9.17) is 5.11 Å². The summed E-state index contributed by atoms with van der Waals surface area (Å²) in [7, 11) is 4.08. The van der Waals surface area contributed by atoms with Gasteiger partial charge in [-0.25, -0.2) is 0 Å². The molecule has 0 aromatic rings. The summed E-state index contributed by atoms with van der Waals surface area (Å²) in [4.78, 5) is 14.9. The van der Waals surface area contributed by atoms with E-state index < -0.39 is 5.97 Å². The Balaban J connectivity index is 3.89. The van der Waals surface area contributed by atoms with E-state index in [-0.39, 0.29) is 6.42 Å². The maximum absolute atomic E-state index is 10.5. The number of likely N-dealkylation sites (N-methyl/N-ethyl adjacent to an activating group) is 1. The van der Waals surface area contributed by atoms with Crippen molar-refractivity contribution in [3.8, 4) is 0 Å². The fraction of sp³-hybridized carbons (Fsp3) is 0.917. The van der Waals surface area contributed by atoms with Gasteiger partial charge in [0.25, 0.3) is 0 Å². The number of carboxylic acid groups (broad SMARTS) is 1. The minimum absolute atomic E-state index is 0.242. The summed E-state index contributed by atoms with van der Waals surface area (Å²) in [6.07, 6.45) is 1.37. The van der Waals surface area contributed by atoms with Gasteiger partial charge in [-0.15, -0.1) is 0 Å². The molecule has 16 heavy (non-hydrogen) atoms. The fourth-order valence-electron chi connectivity index (χ4n) is 1.37. The minimum Gasteiger partial charge on any atom is -0.481 e. The van der Waals surface area contributed by atoms with Crippen molar-refractivity contribution in [1.29, 1.82) is 0 Å². The van der Waals surface area contributed by atoms with E-state index in [0.717, 1.165) is 26.1 Å². The second kappa shape index (κ2) is 8.53. The SMILES string of the molecule is CC(C)CCN(CCC(=O)O)CCN(C)C. The van der Waals surface area contributed by atoms with E-state index in [1.54, 1.807) is 0 Å². The summed E-state index contributed by atoms with van der Waals surface area (Å²) in [5, 5.41) is 8.68. The summed E-state index contributed by atoms with van der Waals surface area (Å²) in [6.45, 7) is 7.99. The van der Waals surface area contributed by atoms with Crippen LogP contribution in [0.3, 0.4) is 0 Å². The molecular weight excluding hydrogens is 204 g/mol. The lowest BCUT2D eigenvalue weighted by atomic mass is 10.1. The molecule has 0 fully saturated rings. The Morgan fingerprint density at radius 3 is 2.19 bits per heavy atom. The summed E-state index contributed by atoms with van der Waals surface area (Å²) in [5.74, 6) is -0.0360. The topological polar surface area (TPSA) is 43.8 Å². The van der Waals surface area contributed by atoms with Crippen molar-refractivity contribution < 1.29 is 9.90 Å². The first-order valence-corrected chi connectivity index (χ1v) is 6.00. The van der Waals surface area contributed by atoms with Gasteiger partial charge in [-0.3, -0.25) is 4.79 Å². The molecule has 4 heteroatoms. The van der Waals surface area contributed by atoms with Crippen molar-refractivity contribution in [2.24, 2.45) is 5.92 Å². The lowest BCUT2D eigenvalue weighted by Gasteiger charge is -2.24. The molecule has 0 rings (SSSR count). The maximum atomic E-state index is 10.5. The average Bonchev–Trinajstić information content (AvgIpc) is 2.15. The van der Waals surface area contributed by atoms with Crippen LogP contribution in [-0.4, -0.2) is 61.2 Å². The van der Waals surface area contributed by atoms with Gasteiger partial charge in [0.1, 0.15) is 0 Å². The molecule has 0 atom stereocenters. The second-order valence-electron chi connectivity index (χ2n) is 4.97. The highest BCUT2D eigenvalue weighted by Gasteiger charge is 2.08. The van der Waals surface area contributed by atoms with Crippen LogP contribution in [0.25, 0.3) is 0 Å². The van der Waals surface area contributed by atoms with Crippen LogP contribution in [0.1, 0.15) is 26.7 Å². The monoisotopic (exact) mass is 230 g/mol. The molecule has 0 unspecified atom stereocenters. The van der Waals surface area contributed by atoms with Crippen molar-refractivity contribution in [1.82, 2.24) is 9.80 Å². The molecule has 0 amide bonds. The van der Waals surface area contributed by atoms with Crippen LogP contribution in [-0.2, 0) is 4.79 Å². The fourth-order valence-corrected chi connectivity index (χ4v) is 1.37. The third-order valence-electron chi connectivity index (χ3n) is 2.53. The number of hydrogen-bond acceptors (Lipinski definition) is 3. The van der Waals surface area contributed by atoms with Gasteiger partial charge in [0, 0.05) is 19.6 Å². The Morgan fingerprint density at radius 2 is 1.75 bits per heavy atom. The first-order valence-electron chi connectivity index (χ1n) is 6.00. The van der Waals surface area contributed by atoms with Crippen LogP contribution in [0.4, 0.5) is 0 Å². The molecule has 0 aromatic carbocycles. The highest BCUT2D eigenvalue weighted by atomic mass is 16.4.